The molecule has 0 spiro atoms. The first-order valence-electron chi connectivity index (χ1n) is 4.86. The van der Waals surface area contributed by atoms with E-state index in [4.69, 9.17) is 5.73 Å². The molecule has 1 aromatic rings. The molecule has 0 aromatic carbocycles. The maximum Gasteiger partial charge on any atom is 0.353 e. The number of nitrogen functional groups attached to an aromatic ring is 1. The van der Waals surface area contributed by atoms with Crippen LogP contribution in [0.25, 0.3) is 0 Å². The molecule has 90 valence electrons. The largest absolute Gasteiger partial charge is 0.378 e. The number of anilines is 2. The second kappa shape index (κ2) is 4.20. The van der Waals surface area contributed by atoms with E-state index in [0.717, 1.165) is 6.33 Å². The summed E-state index contributed by atoms with van der Waals surface area (Å²) in [6, 6.07) is 0. The van der Waals surface area contributed by atoms with Gasteiger partial charge in [0.2, 0.25) is 17.5 Å². The predicted molar refractivity (Wildman–Crippen MR) is 58.3 cm³/mol. The van der Waals surface area contributed by atoms with Gasteiger partial charge in [-0.05, 0) is 0 Å². The molecule has 2 rings (SSSR count). The maximum atomic E-state index is 11.2. The fraction of sp³-hybridized carbons (Fsp3) is 0.375. The normalized spacial score (nSPS) is 15.5. The van der Waals surface area contributed by atoms with Crippen LogP contribution in [0.3, 0.4) is 0 Å². The van der Waals surface area contributed by atoms with Gasteiger partial charge in [0.25, 0.3) is 0 Å². The third-order valence-corrected chi connectivity index (χ3v) is 2.35. The number of piperazine rings is 1. The molecular weight excluding hydrogens is 228 g/mol. The van der Waals surface area contributed by atoms with Crippen LogP contribution in [0.15, 0.2) is 6.33 Å². The smallest absolute Gasteiger partial charge is 0.353 e. The highest BCUT2D eigenvalue weighted by molar-refractivity contribution is 5.84. The van der Waals surface area contributed by atoms with E-state index >= 15 is 0 Å². The van der Waals surface area contributed by atoms with Gasteiger partial charge in [0.1, 0.15) is 6.33 Å². The summed E-state index contributed by atoms with van der Waals surface area (Å²) in [5.74, 6) is -0.328. The highest BCUT2D eigenvalue weighted by Crippen LogP contribution is 2.29. The molecule has 9 heteroatoms. The van der Waals surface area contributed by atoms with Crippen molar-refractivity contribution in [1.29, 1.82) is 0 Å². The summed E-state index contributed by atoms with van der Waals surface area (Å²) in [7, 11) is 0. The number of nitrogens with one attached hydrogen (secondary N) is 1. The van der Waals surface area contributed by atoms with Gasteiger partial charge in [-0.15, -0.1) is 0 Å². The fourth-order valence-corrected chi connectivity index (χ4v) is 1.61. The zero-order valence-corrected chi connectivity index (χ0v) is 8.79. The molecular formula is C8H10N6O3. The van der Waals surface area contributed by atoms with Crippen LogP contribution >= 0.6 is 0 Å². The van der Waals surface area contributed by atoms with Gasteiger partial charge in [0.05, 0.1) is 11.5 Å². The third-order valence-electron chi connectivity index (χ3n) is 2.35. The number of hydrogen-bond acceptors (Lipinski definition) is 7. The summed E-state index contributed by atoms with van der Waals surface area (Å²) in [4.78, 5) is 30.4. The Balaban J connectivity index is 2.40. The first kappa shape index (κ1) is 11.0. The summed E-state index contributed by atoms with van der Waals surface area (Å²) in [5, 5.41) is 13.5. The molecule has 0 bridgehead atoms. The Bertz CT molecular complexity index is 476. The van der Waals surface area contributed by atoms with E-state index in [1.807, 2.05) is 0 Å². The van der Waals surface area contributed by atoms with Gasteiger partial charge in [0.15, 0.2) is 0 Å². The van der Waals surface area contributed by atoms with Crippen LogP contribution in [0, 0.1) is 10.1 Å². The summed E-state index contributed by atoms with van der Waals surface area (Å²) in [5.41, 5.74) is 5.08. The van der Waals surface area contributed by atoms with Gasteiger partial charge >= 0.3 is 5.69 Å². The summed E-state index contributed by atoms with van der Waals surface area (Å²) < 4.78 is 0. The van der Waals surface area contributed by atoms with Gasteiger partial charge in [-0.2, -0.15) is 0 Å². The molecule has 1 saturated heterocycles. The Morgan fingerprint density at radius 2 is 2.29 bits per heavy atom. The Labute approximate surface area is 95.8 Å². The topological polar surface area (TPSA) is 127 Å². The minimum Gasteiger partial charge on any atom is -0.378 e. The lowest BCUT2D eigenvalue weighted by Gasteiger charge is -2.26. The number of amides is 1. The van der Waals surface area contributed by atoms with Crippen molar-refractivity contribution in [2.75, 3.05) is 30.3 Å². The van der Waals surface area contributed by atoms with E-state index in [1.165, 1.54) is 4.90 Å². The van der Waals surface area contributed by atoms with Crippen molar-refractivity contribution in [3.63, 3.8) is 0 Å². The molecule has 1 aliphatic rings. The molecule has 0 radical (unpaired) electrons. The average Bonchev–Trinajstić information content (AvgIpc) is 2.28. The standard InChI is InChI=1S/C8H10N6O3/c9-7-6(14(16)17)8(12-4-11-7)13-2-1-10-5(15)3-13/h4H,1-3H2,(H,10,15)(H2,9,11,12). The Kier molecular flexibility index (Phi) is 2.73. The minimum atomic E-state index is -0.642. The zero-order valence-electron chi connectivity index (χ0n) is 8.79. The van der Waals surface area contributed by atoms with Crippen LogP contribution in [-0.4, -0.2) is 40.4 Å². The molecule has 1 aromatic heterocycles. The van der Waals surface area contributed by atoms with Gasteiger partial charge in [-0.1, -0.05) is 0 Å². The molecule has 1 amide bonds. The lowest BCUT2D eigenvalue weighted by Crippen LogP contribution is -2.48. The lowest BCUT2D eigenvalue weighted by atomic mass is 10.3. The first-order valence-corrected chi connectivity index (χ1v) is 4.86. The number of nitrogens with two attached hydrogens (primary N) is 1. The monoisotopic (exact) mass is 238 g/mol. The van der Waals surface area contributed by atoms with Crippen LogP contribution in [0.2, 0.25) is 0 Å². The number of nitro groups is 1. The molecule has 1 fully saturated rings. The van der Waals surface area contributed by atoms with Crippen molar-refractivity contribution < 1.29 is 9.72 Å². The van der Waals surface area contributed by atoms with Crippen molar-refractivity contribution in [3.05, 3.63) is 16.4 Å². The molecule has 2 heterocycles. The van der Waals surface area contributed by atoms with E-state index in [-0.39, 0.29) is 29.8 Å². The van der Waals surface area contributed by atoms with Gasteiger partial charge < -0.3 is 16.0 Å². The Hall–Kier alpha value is -2.45. The van der Waals surface area contributed by atoms with Crippen LogP contribution in [0.5, 0.6) is 0 Å². The first-order chi connectivity index (χ1) is 8.09. The molecule has 0 unspecified atom stereocenters. The van der Waals surface area contributed by atoms with E-state index in [9.17, 15) is 14.9 Å². The van der Waals surface area contributed by atoms with Crippen LogP contribution in [0.1, 0.15) is 0 Å². The number of carbonyl (C=O) groups is 1. The Morgan fingerprint density at radius 3 is 2.94 bits per heavy atom. The fourth-order valence-electron chi connectivity index (χ4n) is 1.61. The summed E-state index contributed by atoms with van der Waals surface area (Å²) >= 11 is 0. The summed E-state index contributed by atoms with van der Waals surface area (Å²) in [6.45, 7) is 0.889. The van der Waals surface area contributed by atoms with Crippen molar-refractivity contribution >= 4 is 23.2 Å². The molecule has 0 aliphatic carbocycles. The van der Waals surface area contributed by atoms with Crippen molar-refractivity contribution in [2.24, 2.45) is 0 Å². The van der Waals surface area contributed by atoms with Crippen molar-refractivity contribution in [1.82, 2.24) is 15.3 Å². The molecule has 3 N–H and O–H groups in total. The van der Waals surface area contributed by atoms with Crippen LogP contribution in [-0.2, 0) is 4.79 Å². The van der Waals surface area contributed by atoms with Gasteiger partial charge in [0, 0.05) is 13.1 Å². The van der Waals surface area contributed by atoms with Crippen molar-refractivity contribution in [3.8, 4) is 0 Å². The highest BCUT2D eigenvalue weighted by Gasteiger charge is 2.28. The average molecular weight is 238 g/mol. The second-order valence-corrected chi connectivity index (χ2v) is 3.46. The van der Waals surface area contributed by atoms with Crippen LogP contribution in [0.4, 0.5) is 17.3 Å². The highest BCUT2D eigenvalue weighted by atomic mass is 16.6. The molecule has 9 nitrogen and oxygen atoms in total. The zero-order chi connectivity index (χ0) is 12.4. The SMILES string of the molecule is Nc1ncnc(N2CCNC(=O)C2)c1[N+](=O)[O-]. The van der Waals surface area contributed by atoms with E-state index in [1.54, 1.807) is 0 Å². The van der Waals surface area contributed by atoms with Crippen molar-refractivity contribution in [2.45, 2.75) is 0 Å². The number of carbonyl (C=O) groups excluding carboxylic acids is 1. The van der Waals surface area contributed by atoms with Gasteiger partial charge in [-0.25, -0.2) is 9.97 Å². The second-order valence-electron chi connectivity index (χ2n) is 3.46. The van der Waals surface area contributed by atoms with Gasteiger partial charge in [-0.3, -0.25) is 14.9 Å². The van der Waals surface area contributed by atoms with E-state index < -0.39 is 4.92 Å². The molecule has 0 saturated carbocycles. The number of aromatic nitrogens is 2. The van der Waals surface area contributed by atoms with E-state index in [0.29, 0.717) is 13.1 Å². The molecule has 17 heavy (non-hydrogen) atoms. The number of nitrogens with zero attached hydrogens (tertiary/aromatic N) is 4. The van der Waals surface area contributed by atoms with E-state index in [2.05, 4.69) is 15.3 Å². The lowest BCUT2D eigenvalue weighted by molar-refractivity contribution is -0.383. The Morgan fingerprint density at radius 1 is 1.53 bits per heavy atom. The molecule has 0 atom stereocenters. The maximum absolute atomic E-state index is 11.2. The number of rotatable bonds is 2. The predicted octanol–water partition coefficient (Wildman–Crippen LogP) is -1.10. The quantitative estimate of drug-likeness (QED) is 0.494. The number of hydrogen-bond donors (Lipinski definition) is 2. The minimum absolute atomic E-state index is 0.0251. The van der Waals surface area contributed by atoms with Crippen LogP contribution < -0.4 is 16.0 Å². The third kappa shape index (κ3) is 2.07. The molecule has 1 aliphatic heterocycles. The summed E-state index contributed by atoms with van der Waals surface area (Å²) in [6.07, 6.45) is 1.14.